The molecule has 0 bridgehead atoms. The average molecular weight is 549 g/mol. The molecule has 3 aromatic rings. The molecule has 0 unspecified atom stereocenters. The van der Waals surface area contributed by atoms with Crippen LogP contribution in [0, 0.1) is 0 Å². The first-order valence-electron chi connectivity index (χ1n) is 13.1. The van der Waals surface area contributed by atoms with Crippen LogP contribution >= 0.6 is 0 Å². The van der Waals surface area contributed by atoms with Crippen LogP contribution in [0.2, 0.25) is 0 Å². The number of carbonyl (C=O) groups is 2. The van der Waals surface area contributed by atoms with E-state index in [0.717, 1.165) is 16.7 Å². The Morgan fingerprint density at radius 3 is 1.45 bits per heavy atom. The number of carbonyl (C=O) groups excluding carboxylic acids is 2. The molecule has 0 saturated carbocycles. The molecule has 40 heavy (non-hydrogen) atoms. The van der Waals surface area contributed by atoms with Gasteiger partial charge in [0.1, 0.15) is 30.7 Å². The summed E-state index contributed by atoms with van der Waals surface area (Å²) in [4.78, 5) is 23.8. The zero-order valence-electron chi connectivity index (χ0n) is 22.5. The van der Waals surface area contributed by atoms with Crippen molar-refractivity contribution in [1.82, 2.24) is 0 Å². The van der Waals surface area contributed by atoms with Crippen molar-refractivity contribution in [2.24, 2.45) is 0 Å². The fourth-order valence-electron chi connectivity index (χ4n) is 4.49. The van der Waals surface area contributed by atoms with E-state index in [0.29, 0.717) is 0 Å². The summed E-state index contributed by atoms with van der Waals surface area (Å²) in [7, 11) is 0. The minimum atomic E-state index is -1.43. The Morgan fingerprint density at radius 2 is 1.02 bits per heavy atom. The second-order valence-electron chi connectivity index (χ2n) is 9.42. The molecule has 1 aliphatic rings. The quantitative estimate of drug-likeness (QED) is 0.278. The van der Waals surface area contributed by atoms with E-state index in [1.165, 1.54) is 13.8 Å². The van der Waals surface area contributed by atoms with Gasteiger partial charge in [0.25, 0.3) is 0 Å². The van der Waals surface area contributed by atoms with Gasteiger partial charge in [-0.1, -0.05) is 91.0 Å². The van der Waals surface area contributed by atoms with Crippen LogP contribution in [0.25, 0.3) is 0 Å². The number of ether oxygens (including phenoxy) is 5. The first kappa shape index (κ1) is 29.1. The Morgan fingerprint density at radius 1 is 0.600 bits per heavy atom. The number of hydrogen-bond acceptors (Lipinski definition) is 7. The summed E-state index contributed by atoms with van der Waals surface area (Å²) < 4.78 is 45.8. The molecule has 4 rings (SSSR count). The van der Waals surface area contributed by atoms with E-state index in [2.05, 4.69) is 0 Å². The molecule has 4 atom stereocenters. The van der Waals surface area contributed by atoms with E-state index in [4.69, 9.17) is 23.7 Å². The Hall–Kier alpha value is -3.85. The fraction of sp³-hybridized carbons (Fsp3) is 0.312. The van der Waals surface area contributed by atoms with Gasteiger partial charge in [0, 0.05) is 19.4 Å². The molecule has 0 N–H and O–H groups in total. The fourth-order valence-corrected chi connectivity index (χ4v) is 4.49. The normalized spacial score (nSPS) is 20.7. The third-order valence-corrected chi connectivity index (χ3v) is 6.39. The number of hydrogen-bond donors (Lipinski definition) is 0. The van der Waals surface area contributed by atoms with Crippen LogP contribution in [0.1, 0.15) is 30.5 Å². The van der Waals surface area contributed by atoms with E-state index < -0.39 is 48.8 Å². The maximum Gasteiger partial charge on any atom is 0.303 e. The summed E-state index contributed by atoms with van der Waals surface area (Å²) >= 11 is 0. The second-order valence-corrected chi connectivity index (χ2v) is 9.42. The topological polar surface area (TPSA) is 80.3 Å². The average Bonchev–Trinajstić information content (AvgIpc) is 2.96. The van der Waals surface area contributed by atoms with Crippen LogP contribution in [0.4, 0.5) is 4.39 Å². The van der Waals surface area contributed by atoms with Gasteiger partial charge in [-0.25, -0.2) is 4.39 Å². The highest BCUT2D eigenvalue weighted by atomic mass is 19.1. The summed E-state index contributed by atoms with van der Waals surface area (Å²) in [6, 6.07) is 28.3. The van der Waals surface area contributed by atoms with Crippen LogP contribution in [0.3, 0.4) is 0 Å². The SMILES string of the molecule is CC(=O)OCC1=C(F)[C@@H](OC(C)=O)[C@H](OCc2ccccc2)[C@@H](OCc2ccccc2)[C@H]1OCc1ccccc1. The van der Waals surface area contributed by atoms with E-state index in [1.54, 1.807) is 0 Å². The number of halogens is 1. The summed E-state index contributed by atoms with van der Waals surface area (Å²) in [5.41, 5.74) is 2.62. The van der Waals surface area contributed by atoms with Crippen LogP contribution in [-0.4, -0.2) is 43.0 Å². The van der Waals surface area contributed by atoms with E-state index in [9.17, 15) is 9.59 Å². The zero-order valence-corrected chi connectivity index (χ0v) is 22.5. The number of rotatable bonds is 12. The summed E-state index contributed by atoms with van der Waals surface area (Å²) in [6.07, 6.45) is -4.41. The van der Waals surface area contributed by atoms with Crippen molar-refractivity contribution >= 4 is 11.9 Å². The molecule has 0 saturated heterocycles. The van der Waals surface area contributed by atoms with Gasteiger partial charge < -0.3 is 23.7 Å². The lowest BCUT2D eigenvalue weighted by atomic mass is 9.87. The molecule has 0 spiro atoms. The predicted octanol–water partition coefficient (Wildman–Crippen LogP) is 5.47. The van der Waals surface area contributed by atoms with E-state index in [-0.39, 0.29) is 25.4 Å². The Balaban J connectivity index is 1.72. The van der Waals surface area contributed by atoms with Gasteiger partial charge >= 0.3 is 11.9 Å². The molecule has 0 amide bonds. The molecular formula is C32H33FO7. The Kier molecular flexibility index (Phi) is 10.6. The molecule has 0 heterocycles. The van der Waals surface area contributed by atoms with Gasteiger partial charge in [0.2, 0.25) is 0 Å². The van der Waals surface area contributed by atoms with Crippen molar-refractivity contribution in [2.75, 3.05) is 6.61 Å². The largest absolute Gasteiger partial charge is 0.461 e. The van der Waals surface area contributed by atoms with Gasteiger partial charge in [-0.3, -0.25) is 9.59 Å². The Bertz CT molecular complexity index is 1260. The molecular weight excluding hydrogens is 515 g/mol. The van der Waals surface area contributed by atoms with Gasteiger partial charge in [-0.05, 0) is 16.7 Å². The summed E-state index contributed by atoms with van der Waals surface area (Å²) in [6.45, 7) is 2.46. The van der Waals surface area contributed by atoms with Crippen molar-refractivity contribution in [2.45, 2.75) is 58.1 Å². The van der Waals surface area contributed by atoms with E-state index in [1.807, 2.05) is 91.0 Å². The first-order chi connectivity index (χ1) is 19.4. The van der Waals surface area contributed by atoms with Crippen molar-refractivity contribution in [3.05, 3.63) is 119 Å². The van der Waals surface area contributed by atoms with E-state index >= 15 is 4.39 Å². The molecule has 3 aromatic carbocycles. The lowest BCUT2D eigenvalue weighted by Gasteiger charge is -2.42. The molecule has 0 aromatic heterocycles. The van der Waals surface area contributed by atoms with Crippen LogP contribution in [0.15, 0.2) is 102 Å². The van der Waals surface area contributed by atoms with Crippen molar-refractivity contribution in [1.29, 1.82) is 0 Å². The van der Waals surface area contributed by atoms with Gasteiger partial charge in [-0.15, -0.1) is 0 Å². The minimum absolute atomic E-state index is 0.0232. The van der Waals surface area contributed by atoms with Gasteiger partial charge in [0.15, 0.2) is 6.10 Å². The molecule has 1 aliphatic carbocycles. The molecule has 0 radical (unpaired) electrons. The van der Waals surface area contributed by atoms with Crippen molar-refractivity contribution in [3.63, 3.8) is 0 Å². The molecule has 0 aliphatic heterocycles. The second kappa shape index (κ2) is 14.5. The first-order valence-corrected chi connectivity index (χ1v) is 13.1. The number of esters is 2. The third-order valence-electron chi connectivity index (χ3n) is 6.39. The summed E-state index contributed by atoms with van der Waals surface area (Å²) in [5, 5.41) is 0. The zero-order chi connectivity index (χ0) is 28.3. The summed E-state index contributed by atoms with van der Waals surface area (Å²) in [5.74, 6) is -2.06. The predicted molar refractivity (Wildman–Crippen MR) is 145 cm³/mol. The lowest BCUT2D eigenvalue weighted by molar-refractivity contribution is -0.193. The molecule has 8 heteroatoms. The molecule has 7 nitrogen and oxygen atoms in total. The number of benzene rings is 3. The maximum atomic E-state index is 16.2. The monoisotopic (exact) mass is 548 g/mol. The highest BCUT2D eigenvalue weighted by Crippen LogP contribution is 2.36. The van der Waals surface area contributed by atoms with Crippen LogP contribution in [0.5, 0.6) is 0 Å². The smallest absolute Gasteiger partial charge is 0.303 e. The van der Waals surface area contributed by atoms with Gasteiger partial charge in [0.05, 0.1) is 19.8 Å². The third kappa shape index (κ3) is 8.08. The molecule has 210 valence electrons. The molecule has 0 fully saturated rings. The van der Waals surface area contributed by atoms with Crippen LogP contribution in [-0.2, 0) is 53.1 Å². The van der Waals surface area contributed by atoms with Crippen molar-refractivity contribution in [3.8, 4) is 0 Å². The van der Waals surface area contributed by atoms with Gasteiger partial charge in [-0.2, -0.15) is 0 Å². The van der Waals surface area contributed by atoms with Crippen molar-refractivity contribution < 1.29 is 37.7 Å². The highest BCUT2D eigenvalue weighted by molar-refractivity contribution is 5.67. The Labute approximate surface area is 233 Å². The minimum Gasteiger partial charge on any atom is -0.461 e. The maximum absolute atomic E-state index is 16.2. The van der Waals surface area contributed by atoms with Crippen LogP contribution < -0.4 is 0 Å². The highest BCUT2D eigenvalue weighted by Gasteiger charge is 2.49. The standard InChI is InChI=1S/C32H33FO7/c1-22(34)36-21-27-28(33)30(40-23(2)35)32(39-20-26-16-10-5-11-17-26)31(38-19-25-14-8-4-9-15-25)29(27)37-18-24-12-6-3-7-13-24/h3-17,29-32H,18-21H2,1-2H3/t29-,30+,31-,32-/m0/s1. The lowest BCUT2D eigenvalue weighted by Crippen LogP contribution is -2.55.